The number of esters is 1. The van der Waals surface area contributed by atoms with Gasteiger partial charge < -0.3 is 10.5 Å². The van der Waals surface area contributed by atoms with Gasteiger partial charge in [-0.05, 0) is 17.5 Å². The van der Waals surface area contributed by atoms with Gasteiger partial charge in [-0.1, -0.05) is 6.07 Å². The van der Waals surface area contributed by atoms with Crippen molar-refractivity contribution in [3.63, 3.8) is 0 Å². The summed E-state index contributed by atoms with van der Waals surface area (Å²) in [5.41, 5.74) is 4.79. The molecule has 74 valence electrons. The number of thiophene rings is 1. The van der Waals surface area contributed by atoms with Crippen LogP contribution in [-0.4, -0.2) is 18.5 Å². The van der Waals surface area contributed by atoms with Crippen molar-refractivity contribution in [2.24, 2.45) is 5.73 Å². The highest BCUT2D eigenvalue weighted by Gasteiger charge is 1.99. The first-order chi connectivity index (χ1) is 6.68. The Morgan fingerprint density at radius 1 is 1.57 bits per heavy atom. The zero-order valence-corrected chi connectivity index (χ0v) is 8.12. The highest BCUT2D eigenvalue weighted by atomic mass is 32.1. The molecule has 4 nitrogen and oxygen atoms in total. The lowest BCUT2D eigenvalue weighted by Gasteiger charge is -1.95. The molecule has 0 bridgehead atoms. The van der Waals surface area contributed by atoms with E-state index in [1.165, 1.54) is 17.4 Å². The molecule has 1 heterocycles. The standard InChI is InChI=1S/C9H9NO3S/c10-8(11)6-13-9(12)4-3-7-2-1-5-14-7/h1-5H,6H2,(H2,10,11)/b4-3+. The molecule has 1 rings (SSSR count). The SMILES string of the molecule is NC(=O)COC(=O)/C=C/c1cccs1. The molecule has 0 fully saturated rings. The molecular weight excluding hydrogens is 202 g/mol. The number of nitrogens with two attached hydrogens (primary N) is 1. The van der Waals surface area contributed by atoms with Crippen LogP contribution in [0.2, 0.25) is 0 Å². The van der Waals surface area contributed by atoms with Crippen molar-refractivity contribution in [3.05, 3.63) is 28.5 Å². The third-order valence-electron chi connectivity index (χ3n) is 1.28. The van der Waals surface area contributed by atoms with Crippen LogP contribution in [-0.2, 0) is 14.3 Å². The van der Waals surface area contributed by atoms with Gasteiger partial charge in [-0.25, -0.2) is 4.79 Å². The second kappa shape index (κ2) is 5.18. The number of hydrogen-bond acceptors (Lipinski definition) is 4. The number of carbonyl (C=O) groups is 2. The lowest BCUT2D eigenvalue weighted by atomic mass is 10.4. The van der Waals surface area contributed by atoms with Crippen LogP contribution in [0.4, 0.5) is 0 Å². The number of primary amides is 1. The molecular formula is C9H9NO3S. The second-order valence-electron chi connectivity index (χ2n) is 2.42. The largest absolute Gasteiger partial charge is 0.452 e. The van der Waals surface area contributed by atoms with Crippen molar-refractivity contribution in [2.75, 3.05) is 6.61 Å². The fourth-order valence-corrected chi connectivity index (χ4v) is 1.34. The Morgan fingerprint density at radius 3 is 2.93 bits per heavy atom. The fourth-order valence-electron chi connectivity index (χ4n) is 0.727. The van der Waals surface area contributed by atoms with Crippen molar-refractivity contribution >= 4 is 29.3 Å². The van der Waals surface area contributed by atoms with Crippen LogP contribution in [0.15, 0.2) is 23.6 Å². The minimum absolute atomic E-state index is 0.381. The van der Waals surface area contributed by atoms with Crippen LogP contribution in [0.5, 0.6) is 0 Å². The monoisotopic (exact) mass is 211 g/mol. The maximum Gasteiger partial charge on any atom is 0.331 e. The molecule has 0 saturated heterocycles. The van der Waals surface area contributed by atoms with E-state index in [-0.39, 0.29) is 6.61 Å². The topological polar surface area (TPSA) is 69.4 Å². The van der Waals surface area contributed by atoms with E-state index >= 15 is 0 Å². The predicted octanol–water partition coefficient (Wildman–Crippen LogP) is 0.790. The van der Waals surface area contributed by atoms with Gasteiger partial charge in [-0.15, -0.1) is 11.3 Å². The van der Waals surface area contributed by atoms with Gasteiger partial charge in [0.1, 0.15) is 0 Å². The Kier molecular flexibility index (Phi) is 3.87. The quantitative estimate of drug-likeness (QED) is 0.591. The van der Waals surface area contributed by atoms with Crippen LogP contribution in [0.25, 0.3) is 6.08 Å². The summed E-state index contributed by atoms with van der Waals surface area (Å²) in [4.78, 5) is 22.1. The molecule has 0 unspecified atom stereocenters. The molecule has 0 saturated carbocycles. The van der Waals surface area contributed by atoms with Crippen LogP contribution >= 0.6 is 11.3 Å². The molecule has 0 radical (unpaired) electrons. The minimum atomic E-state index is -0.664. The Balaban J connectivity index is 2.37. The van der Waals surface area contributed by atoms with Crippen LogP contribution in [0.1, 0.15) is 4.88 Å². The lowest BCUT2D eigenvalue weighted by molar-refractivity contribution is -0.142. The van der Waals surface area contributed by atoms with Gasteiger partial charge >= 0.3 is 5.97 Å². The molecule has 1 amide bonds. The summed E-state index contributed by atoms with van der Waals surface area (Å²) in [5, 5.41) is 1.90. The van der Waals surface area contributed by atoms with Crippen LogP contribution in [0.3, 0.4) is 0 Å². The van der Waals surface area contributed by atoms with E-state index in [4.69, 9.17) is 5.73 Å². The van der Waals surface area contributed by atoms with Gasteiger partial charge in [0.25, 0.3) is 5.91 Å². The molecule has 14 heavy (non-hydrogen) atoms. The van der Waals surface area contributed by atoms with Gasteiger partial charge in [-0.3, -0.25) is 4.79 Å². The van der Waals surface area contributed by atoms with Crippen molar-refractivity contribution in [1.82, 2.24) is 0 Å². The van der Waals surface area contributed by atoms with E-state index < -0.39 is 11.9 Å². The number of amides is 1. The third-order valence-corrected chi connectivity index (χ3v) is 2.12. The van der Waals surface area contributed by atoms with Crippen LogP contribution in [0, 0.1) is 0 Å². The first-order valence-corrected chi connectivity index (χ1v) is 4.73. The summed E-state index contributed by atoms with van der Waals surface area (Å²) in [6.07, 6.45) is 2.88. The van der Waals surface area contributed by atoms with Gasteiger partial charge in [-0.2, -0.15) is 0 Å². The Bertz CT molecular complexity index is 343. The zero-order chi connectivity index (χ0) is 10.4. The number of rotatable bonds is 4. The van der Waals surface area contributed by atoms with Crippen molar-refractivity contribution in [1.29, 1.82) is 0 Å². The third kappa shape index (κ3) is 3.86. The first kappa shape index (κ1) is 10.5. The Labute approximate surface area is 85.0 Å². The van der Waals surface area contributed by atoms with E-state index in [0.717, 1.165) is 4.88 Å². The van der Waals surface area contributed by atoms with Gasteiger partial charge in [0.05, 0.1) is 0 Å². The van der Waals surface area contributed by atoms with Crippen molar-refractivity contribution in [3.8, 4) is 0 Å². The van der Waals surface area contributed by atoms with Crippen LogP contribution < -0.4 is 5.73 Å². The number of carbonyl (C=O) groups excluding carboxylic acids is 2. The summed E-state index contributed by atoms with van der Waals surface area (Å²) in [5.74, 6) is -1.24. The summed E-state index contributed by atoms with van der Waals surface area (Å²) < 4.78 is 4.51. The smallest absolute Gasteiger partial charge is 0.331 e. The van der Waals surface area contributed by atoms with E-state index in [1.807, 2.05) is 17.5 Å². The highest BCUT2D eigenvalue weighted by molar-refractivity contribution is 7.10. The van der Waals surface area contributed by atoms with Gasteiger partial charge in [0, 0.05) is 11.0 Å². The second-order valence-corrected chi connectivity index (χ2v) is 3.40. The molecule has 0 atom stereocenters. The zero-order valence-electron chi connectivity index (χ0n) is 7.30. The van der Waals surface area contributed by atoms with Crippen molar-refractivity contribution in [2.45, 2.75) is 0 Å². The number of ether oxygens (including phenoxy) is 1. The van der Waals surface area contributed by atoms with E-state index in [1.54, 1.807) is 6.08 Å². The average Bonchev–Trinajstić information content (AvgIpc) is 2.63. The van der Waals surface area contributed by atoms with Gasteiger partial charge in [0.15, 0.2) is 6.61 Å². The molecule has 0 spiro atoms. The predicted molar refractivity (Wildman–Crippen MR) is 53.5 cm³/mol. The Hall–Kier alpha value is -1.62. The van der Waals surface area contributed by atoms with E-state index in [0.29, 0.717) is 0 Å². The molecule has 1 aromatic heterocycles. The highest BCUT2D eigenvalue weighted by Crippen LogP contribution is 2.09. The summed E-state index contributed by atoms with van der Waals surface area (Å²) in [7, 11) is 0. The van der Waals surface area contributed by atoms with E-state index in [9.17, 15) is 9.59 Å². The molecule has 5 heteroatoms. The molecule has 2 N–H and O–H groups in total. The molecule has 0 aromatic carbocycles. The average molecular weight is 211 g/mol. The molecule has 1 aromatic rings. The molecule has 0 aliphatic heterocycles. The number of hydrogen-bond donors (Lipinski definition) is 1. The normalized spacial score (nSPS) is 10.3. The summed E-state index contributed by atoms with van der Waals surface area (Å²) in [6, 6.07) is 3.74. The minimum Gasteiger partial charge on any atom is -0.452 e. The Morgan fingerprint density at radius 2 is 2.36 bits per heavy atom. The lowest BCUT2D eigenvalue weighted by Crippen LogP contribution is -2.19. The molecule has 0 aliphatic carbocycles. The van der Waals surface area contributed by atoms with Crippen molar-refractivity contribution < 1.29 is 14.3 Å². The molecule has 0 aliphatic rings. The van der Waals surface area contributed by atoms with E-state index in [2.05, 4.69) is 4.74 Å². The summed E-state index contributed by atoms with van der Waals surface area (Å²) in [6.45, 7) is -0.381. The van der Waals surface area contributed by atoms with Gasteiger partial charge in [0.2, 0.25) is 0 Å². The summed E-state index contributed by atoms with van der Waals surface area (Å²) >= 11 is 1.50. The maximum absolute atomic E-state index is 10.9. The fraction of sp³-hybridized carbons (Fsp3) is 0.111. The first-order valence-electron chi connectivity index (χ1n) is 3.85. The maximum atomic E-state index is 10.9.